The van der Waals surface area contributed by atoms with Gasteiger partial charge in [0.1, 0.15) is 11.4 Å². The van der Waals surface area contributed by atoms with Crippen LogP contribution < -0.4 is 15.8 Å². The largest absolute Gasteiger partial charge is 0.573 e. The van der Waals surface area contributed by atoms with Crippen LogP contribution in [0.4, 0.5) is 19.1 Å². The summed E-state index contributed by atoms with van der Waals surface area (Å²) >= 11 is 0. The van der Waals surface area contributed by atoms with Crippen LogP contribution in [0.1, 0.15) is 16.1 Å². The first-order valence-electron chi connectivity index (χ1n) is 6.05. The molecule has 0 saturated carbocycles. The van der Waals surface area contributed by atoms with Crippen LogP contribution in [0.2, 0.25) is 0 Å². The third kappa shape index (κ3) is 4.62. The average molecular weight is 312 g/mol. The number of nitrogens with one attached hydrogen (secondary N) is 1. The zero-order chi connectivity index (χ0) is 16.2. The fourth-order valence-electron chi connectivity index (χ4n) is 1.63. The zero-order valence-corrected chi connectivity index (χ0v) is 11.1. The molecule has 0 bridgehead atoms. The van der Waals surface area contributed by atoms with E-state index in [0.717, 1.165) is 0 Å². The Hall–Kier alpha value is -2.84. The second-order valence-electron chi connectivity index (χ2n) is 4.18. The summed E-state index contributed by atoms with van der Waals surface area (Å²) in [7, 11) is 0. The molecular formula is C13H11F3N4O2. The highest BCUT2D eigenvalue weighted by Crippen LogP contribution is 2.23. The van der Waals surface area contributed by atoms with Crippen molar-refractivity contribution >= 4 is 11.9 Å². The quantitative estimate of drug-likeness (QED) is 0.899. The summed E-state index contributed by atoms with van der Waals surface area (Å²) in [6.07, 6.45) is -3.44. The van der Waals surface area contributed by atoms with Gasteiger partial charge >= 0.3 is 6.36 Å². The normalized spacial score (nSPS) is 11.0. The number of amides is 1. The van der Waals surface area contributed by atoms with Crippen molar-refractivity contribution in [3.63, 3.8) is 0 Å². The summed E-state index contributed by atoms with van der Waals surface area (Å²) in [6, 6.07) is 6.67. The first-order valence-corrected chi connectivity index (χ1v) is 6.05. The van der Waals surface area contributed by atoms with Gasteiger partial charge in [-0.2, -0.15) is 0 Å². The molecule has 22 heavy (non-hydrogen) atoms. The highest BCUT2D eigenvalue weighted by molar-refractivity contribution is 5.92. The van der Waals surface area contributed by atoms with Gasteiger partial charge < -0.3 is 15.8 Å². The lowest BCUT2D eigenvalue weighted by molar-refractivity contribution is -0.274. The summed E-state index contributed by atoms with van der Waals surface area (Å²) < 4.78 is 40.2. The Balaban J connectivity index is 1.99. The Kier molecular flexibility index (Phi) is 4.44. The summed E-state index contributed by atoms with van der Waals surface area (Å²) in [6.45, 7) is 0.0117. The van der Waals surface area contributed by atoms with Crippen LogP contribution in [0.25, 0.3) is 0 Å². The molecule has 0 spiro atoms. The molecule has 0 aliphatic rings. The van der Waals surface area contributed by atoms with Crippen molar-refractivity contribution in [1.82, 2.24) is 15.3 Å². The third-order valence-corrected chi connectivity index (χ3v) is 2.49. The van der Waals surface area contributed by atoms with Crippen molar-refractivity contribution in [2.45, 2.75) is 12.9 Å². The van der Waals surface area contributed by atoms with Gasteiger partial charge in [0.15, 0.2) is 0 Å². The monoisotopic (exact) mass is 312 g/mol. The van der Waals surface area contributed by atoms with Crippen LogP contribution in [-0.4, -0.2) is 22.2 Å². The minimum atomic E-state index is -4.76. The van der Waals surface area contributed by atoms with Gasteiger partial charge in [-0.15, -0.1) is 13.2 Å². The standard InChI is InChI=1S/C13H11F3N4O2/c14-13(15,16)22-9-3-1-2-8(6-9)7-19-11(21)10-4-5-18-12(17)20-10/h1-6H,7H2,(H,19,21)(H2,17,18,20). The second-order valence-corrected chi connectivity index (χ2v) is 4.18. The van der Waals surface area contributed by atoms with E-state index in [1.807, 2.05) is 0 Å². The van der Waals surface area contributed by atoms with E-state index < -0.39 is 12.3 Å². The summed E-state index contributed by atoms with van der Waals surface area (Å²) in [5.74, 6) is -0.921. The topological polar surface area (TPSA) is 90.1 Å². The molecule has 2 aromatic rings. The SMILES string of the molecule is Nc1nccc(C(=O)NCc2cccc(OC(F)(F)F)c2)n1. The smallest absolute Gasteiger partial charge is 0.406 e. The summed E-state index contributed by atoms with van der Waals surface area (Å²) in [4.78, 5) is 19.2. The number of benzene rings is 1. The minimum Gasteiger partial charge on any atom is -0.406 e. The third-order valence-electron chi connectivity index (χ3n) is 2.49. The molecule has 0 atom stereocenters. The lowest BCUT2D eigenvalue weighted by Crippen LogP contribution is -2.24. The van der Waals surface area contributed by atoms with Crippen LogP contribution in [0, 0.1) is 0 Å². The van der Waals surface area contributed by atoms with E-state index in [-0.39, 0.29) is 23.9 Å². The first kappa shape index (κ1) is 15.5. The number of aromatic nitrogens is 2. The Morgan fingerprint density at radius 2 is 2.09 bits per heavy atom. The number of nitrogens with two attached hydrogens (primary N) is 1. The van der Waals surface area contributed by atoms with Crippen LogP contribution in [-0.2, 0) is 6.54 Å². The van der Waals surface area contributed by atoms with Crippen molar-refractivity contribution in [1.29, 1.82) is 0 Å². The fourth-order valence-corrected chi connectivity index (χ4v) is 1.63. The molecule has 1 heterocycles. The van der Waals surface area contributed by atoms with E-state index in [1.165, 1.54) is 30.5 Å². The maximum atomic E-state index is 12.1. The molecule has 1 aromatic heterocycles. The highest BCUT2D eigenvalue weighted by Gasteiger charge is 2.31. The zero-order valence-electron chi connectivity index (χ0n) is 11.1. The molecule has 9 heteroatoms. The Bertz CT molecular complexity index is 676. The Morgan fingerprint density at radius 1 is 1.32 bits per heavy atom. The van der Waals surface area contributed by atoms with Gasteiger partial charge in [0, 0.05) is 12.7 Å². The molecule has 0 aliphatic carbocycles. The molecule has 2 rings (SSSR count). The molecule has 0 unspecified atom stereocenters. The maximum absolute atomic E-state index is 12.1. The van der Waals surface area contributed by atoms with Gasteiger partial charge in [-0.05, 0) is 23.8 Å². The van der Waals surface area contributed by atoms with E-state index in [4.69, 9.17) is 5.73 Å². The first-order chi connectivity index (χ1) is 10.3. The summed E-state index contributed by atoms with van der Waals surface area (Å²) in [5, 5.41) is 2.51. The molecule has 1 aromatic carbocycles. The van der Waals surface area contributed by atoms with Gasteiger partial charge in [-0.25, -0.2) is 9.97 Å². The molecule has 0 radical (unpaired) electrons. The van der Waals surface area contributed by atoms with Crippen molar-refractivity contribution < 1.29 is 22.7 Å². The Morgan fingerprint density at radius 3 is 2.77 bits per heavy atom. The molecule has 0 saturated heterocycles. The van der Waals surface area contributed by atoms with Gasteiger partial charge in [-0.3, -0.25) is 4.79 Å². The number of alkyl halides is 3. The summed E-state index contributed by atoms with van der Waals surface area (Å²) in [5.41, 5.74) is 5.86. The maximum Gasteiger partial charge on any atom is 0.573 e. The number of carbonyl (C=O) groups excluding carboxylic acids is 1. The van der Waals surface area contributed by atoms with Gasteiger partial charge in [-0.1, -0.05) is 12.1 Å². The minimum absolute atomic E-state index is 0.0117. The van der Waals surface area contributed by atoms with Crippen molar-refractivity contribution in [2.24, 2.45) is 0 Å². The number of hydrogen-bond donors (Lipinski definition) is 2. The molecule has 116 valence electrons. The number of anilines is 1. The molecule has 0 aliphatic heterocycles. The van der Waals surface area contributed by atoms with Crippen LogP contribution in [0.15, 0.2) is 36.5 Å². The fraction of sp³-hybridized carbons (Fsp3) is 0.154. The lowest BCUT2D eigenvalue weighted by Gasteiger charge is -2.10. The predicted molar refractivity (Wildman–Crippen MR) is 70.7 cm³/mol. The van der Waals surface area contributed by atoms with E-state index in [2.05, 4.69) is 20.0 Å². The molecule has 0 fully saturated rings. The van der Waals surface area contributed by atoms with E-state index >= 15 is 0 Å². The number of hydrogen-bond acceptors (Lipinski definition) is 5. The van der Waals surface area contributed by atoms with E-state index in [9.17, 15) is 18.0 Å². The number of nitrogen functional groups attached to an aromatic ring is 1. The molecule has 1 amide bonds. The Labute approximate surface area is 123 Å². The average Bonchev–Trinajstić information content (AvgIpc) is 2.43. The molecule has 6 nitrogen and oxygen atoms in total. The van der Waals surface area contributed by atoms with E-state index in [0.29, 0.717) is 5.56 Å². The number of rotatable bonds is 4. The van der Waals surface area contributed by atoms with E-state index in [1.54, 1.807) is 6.07 Å². The van der Waals surface area contributed by atoms with Gasteiger partial charge in [0.2, 0.25) is 5.95 Å². The van der Waals surface area contributed by atoms with Crippen LogP contribution in [0.5, 0.6) is 5.75 Å². The highest BCUT2D eigenvalue weighted by atomic mass is 19.4. The molecule has 3 N–H and O–H groups in total. The number of ether oxygens (including phenoxy) is 1. The predicted octanol–water partition coefficient (Wildman–Crippen LogP) is 1.89. The van der Waals surface area contributed by atoms with Crippen LogP contribution in [0.3, 0.4) is 0 Å². The van der Waals surface area contributed by atoms with Crippen LogP contribution >= 0.6 is 0 Å². The lowest BCUT2D eigenvalue weighted by atomic mass is 10.2. The van der Waals surface area contributed by atoms with Crippen molar-refractivity contribution in [3.8, 4) is 5.75 Å². The van der Waals surface area contributed by atoms with Crippen molar-refractivity contribution in [3.05, 3.63) is 47.8 Å². The van der Waals surface area contributed by atoms with Gasteiger partial charge in [0.25, 0.3) is 5.91 Å². The molecular weight excluding hydrogens is 301 g/mol. The van der Waals surface area contributed by atoms with Gasteiger partial charge in [0.05, 0.1) is 0 Å². The second kappa shape index (κ2) is 6.29. The van der Waals surface area contributed by atoms with Crippen molar-refractivity contribution in [2.75, 3.05) is 5.73 Å². The number of nitrogens with zero attached hydrogens (tertiary/aromatic N) is 2. The number of halogens is 3. The number of carbonyl (C=O) groups is 1.